The van der Waals surface area contributed by atoms with Crippen LogP contribution in [0.2, 0.25) is 0 Å². The Morgan fingerprint density at radius 3 is 1.90 bits per heavy atom. The molecule has 1 aromatic carbocycles. The lowest BCUT2D eigenvalue weighted by molar-refractivity contribution is -0.123. The van der Waals surface area contributed by atoms with Crippen LogP contribution in [0.15, 0.2) is 24.3 Å². The summed E-state index contributed by atoms with van der Waals surface area (Å²) in [7, 11) is 0. The van der Waals surface area contributed by atoms with Crippen molar-refractivity contribution in [3.8, 4) is 0 Å². The lowest BCUT2D eigenvalue weighted by Crippen LogP contribution is -2.37. The summed E-state index contributed by atoms with van der Waals surface area (Å²) in [5, 5.41) is 5.60. The van der Waals surface area contributed by atoms with Gasteiger partial charge in [-0.3, -0.25) is 9.59 Å². The number of halogens is 1. The molecule has 0 aliphatic rings. The summed E-state index contributed by atoms with van der Waals surface area (Å²) >= 11 is 0. The zero-order chi connectivity index (χ0) is 15.3. The number of anilines is 2. The molecule has 4 N–H and O–H groups in total. The maximum atomic E-state index is 12.0. The van der Waals surface area contributed by atoms with Gasteiger partial charge in [-0.05, 0) is 38.1 Å². The lowest BCUT2D eigenvalue weighted by Gasteiger charge is -2.21. The van der Waals surface area contributed by atoms with Crippen LogP contribution in [0.1, 0.15) is 27.7 Å². The molecule has 0 aliphatic carbocycles. The average Bonchev–Trinajstić information content (AvgIpc) is 2.40. The highest BCUT2D eigenvalue weighted by Crippen LogP contribution is 2.19. The molecule has 1 aromatic rings. The number of amides is 2. The smallest absolute Gasteiger partial charge is 0.231 e. The first-order valence-electron chi connectivity index (χ1n) is 6.68. The molecule has 118 valence electrons. The standard InChI is InChI=1S/C15H23N3O2.ClH/c1-10(2)13(19)17-11-5-7-12(8-6-11)18-14(20)15(3,4)9-16;/h5-8,10H,9,16H2,1-4H3,(H,17,19)(H,18,20);1H. The number of carbonyl (C=O) groups excluding carboxylic acids is 2. The number of hydrogen-bond donors (Lipinski definition) is 3. The highest BCUT2D eigenvalue weighted by atomic mass is 35.5. The number of nitrogens with one attached hydrogen (secondary N) is 2. The van der Waals surface area contributed by atoms with Gasteiger partial charge in [0, 0.05) is 23.8 Å². The third kappa shape index (κ3) is 5.73. The van der Waals surface area contributed by atoms with E-state index in [2.05, 4.69) is 10.6 Å². The second-order valence-corrected chi connectivity index (χ2v) is 5.76. The Bertz CT molecular complexity index is 484. The molecule has 0 aliphatic heterocycles. The molecule has 0 fully saturated rings. The van der Waals surface area contributed by atoms with Gasteiger partial charge >= 0.3 is 0 Å². The van der Waals surface area contributed by atoms with Crippen LogP contribution < -0.4 is 16.4 Å². The van der Waals surface area contributed by atoms with Gasteiger partial charge in [0.15, 0.2) is 0 Å². The van der Waals surface area contributed by atoms with Gasteiger partial charge in [0.05, 0.1) is 5.41 Å². The molecule has 6 heteroatoms. The Hall–Kier alpha value is -1.59. The third-order valence-corrected chi connectivity index (χ3v) is 3.06. The minimum Gasteiger partial charge on any atom is -0.329 e. The Balaban J connectivity index is 0.00000400. The monoisotopic (exact) mass is 313 g/mol. The Morgan fingerprint density at radius 2 is 1.52 bits per heavy atom. The Labute approximate surface area is 132 Å². The van der Waals surface area contributed by atoms with Gasteiger partial charge in [-0.1, -0.05) is 13.8 Å². The predicted octanol–water partition coefficient (Wildman–Crippen LogP) is 2.63. The number of benzene rings is 1. The van der Waals surface area contributed by atoms with Crippen LogP contribution in [-0.4, -0.2) is 18.4 Å². The fraction of sp³-hybridized carbons (Fsp3) is 0.467. The SMILES string of the molecule is CC(C)C(=O)Nc1ccc(NC(=O)C(C)(C)CN)cc1.Cl. The van der Waals surface area contributed by atoms with E-state index < -0.39 is 5.41 Å². The van der Waals surface area contributed by atoms with Crippen molar-refractivity contribution in [3.63, 3.8) is 0 Å². The predicted molar refractivity (Wildman–Crippen MR) is 88.6 cm³/mol. The normalized spacial score (nSPS) is 10.8. The molecule has 0 radical (unpaired) electrons. The third-order valence-electron chi connectivity index (χ3n) is 3.06. The molecular formula is C15H24ClN3O2. The summed E-state index contributed by atoms with van der Waals surface area (Å²) < 4.78 is 0. The minimum atomic E-state index is -0.607. The minimum absolute atomic E-state index is 0. The molecular weight excluding hydrogens is 290 g/mol. The quantitative estimate of drug-likeness (QED) is 0.781. The second kappa shape index (κ2) is 8.00. The van der Waals surface area contributed by atoms with Crippen molar-refractivity contribution in [2.75, 3.05) is 17.2 Å². The zero-order valence-corrected chi connectivity index (χ0v) is 13.7. The highest BCUT2D eigenvalue weighted by Gasteiger charge is 2.25. The molecule has 0 aromatic heterocycles. The van der Waals surface area contributed by atoms with Crippen LogP contribution in [0.25, 0.3) is 0 Å². The number of rotatable bonds is 5. The van der Waals surface area contributed by atoms with Gasteiger partial charge in [-0.25, -0.2) is 0 Å². The molecule has 0 saturated carbocycles. The van der Waals surface area contributed by atoms with E-state index in [0.717, 1.165) is 0 Å². The van der Waals surface area contributed by atoms with E-state index >= 15 is 0 Å². The van der Waals surface area contributed by atoms with Crippen LogP contribution in [0.3, 0.4) is 0 Å². The van der Waals surface area contributed by atoms with Crippen molar-refractivity contribution >= 4 is 35.6 Å². The Morgan fingerprint density at radius 1 is 1.10 bits per heavy atom. The van der Waals surface area contributed by atoms with Crippen molar-refractivity contribution in [1.29, 1.82) is 0 Å². The summed E-state index contributed by atoms with van der Waals surface area (Å²) in [4.78, 5) is 23.5. The summed E-state index contributed by atoms with van der Waals surface area (Å²) in [5.74, 6) is -0.232. The van der Waals surface area contributed by atoms with Gasteiger partial charge in [-0.2, -0.15) is 0 Å². The van der Waals surface area contributed by atoms with Gasteiger partial charge < -0.3 is 16.4 Å². The van der Waals surface area contributed by atoms with E-state index in [-0.39, 0.29) is 36.7 Å². The molecule has 0 saturated heterocycles. The van der Waals surface area contributed by atoms with E-state index in [1.807, 2.05) is 13.8 Å². The fourth-order valence-electron chi connectivity index (χ4n) is 1.32. The second-order valence-electron chi connectivity index (χ2n) is 5.76. The molecule has 2 amide bonds. The van der Waals surface area contributed by atoms with E-state index in [0.29, 0.717) is 11.4 Å². The van der Waals surface area contributed by atoms with Crippen LogP contribution >= 0.6 is 12.4 Å². The number of nitrogens with two attached hydrogens (primary N) is 1. The summed E-state index contributed by atoms with van der Waals surface area (Å²) in [6.45, 7) is 7.53. The summed E-state index contributed by atoms with van der Waals surface area (Å²) in [6.07, 6.45) is 0. The first kappa shape index (κ1) is 19.4. The Kier molecular flexibility index (Phi) is 7.39. The maximum absolute atomic E-state index is 12.0. The molecule has 0 spiro atoms. The van der Waals surface area contributed by atoms with E-state index in [4.69, 9.17) is 5.73 Å². The highest BCUT2D eigenvalue weighted by molar-refractivity contribution is 5.96. The van der Waals surface area contributed by atoms with Crippen LogP contribution in [0, 0.1) is 11.3 Å². The van der Waals surface area contributed by atoms with E-state index in [1.54, 1.807) is 38.1 Å². The topological polar surface area (TPSA) is 84.2 Å². The van der Waals surface area contributed by atoms with Gasteiger partial charge in [0.2, 0.25) is 11.8 Å². The molecule has 0 heterocycles. The summed E-state index contributed by atoms with van der Waals surface area (Å²) in [6, 6.07) is 7.01. The van der Waals surface area contributed by atoms with Gasteiger partial charge in [-0.15, -0.1) is 12.4 Å². The van der Waals surface area contributed by atoms with Gasteiger partial charge in [0.1, 0.15) is 0 Å². The molecule has 0 atom stereocenters. The summed E-state index contributed by atoms with van der Waals surface area (Å²) in [5.41, 5.74) is 6.34. The molecule has 1 rings (SSSR count). The van der Waals surface area contributed by atoms with Crippen molar-refractivity contribution in [1.82, 2.24) is 0 Å². The fourth-order valence-corrected chi connectivity index (χ4v) is 1.32. The number of hydrogen-bond acceptors (Lipinski definition) is 3. The van der Waals surface area contributed by atoms with Crippen molar-refractivity contribution in [2.24, 2.45) is 17.1 Å². The van der Waals surface area contributed by atoms with Crippen molar-refractivity contribution in [3.05, 3.63) is 24.3 Å². The van der Waals surface area contributed by atoms with Crippen LogP contribution in [0.5, 0.6) is 0 Å². The zero-order valence-electron chi connectivity index (χ0n) is 12.9. The molecule has 0 bridgehead atoms. The largest absolute Gasteiger partial charge is 0.329 e. The molecule has 5 nitrogen and oxygen atoms in total. The number of carbonyl (C=O) groups is 2. The van der Waals surface area contributed by atoms with Crippen LogP contribution in [-0.2, 0) is 9.59 Å². The first-order chi connectivity index (χ1) is 9.26. The maximum Gasteiger partial charge on any atom is 0.231 e. The van der Waals surface area contributed by atoms with Crippen molar-refractivity contribution in [2.45, 2.75) is 27.7 Å². The molecule has 0 unspecified atom stereocenters. The van der Waals surface area contributed by atoms with E-state index in [1.165, 1.54) is 0 Å². The average molecular weight is 314 g/mol. The first-order valence-corrected chi connectivity index (χ1v) is 6.68. The molecule has 21 heavy (non-hydrogen) atoms. The van der Waals surface area contributed by atoms with Gasteiger partial charge in [0.25, 0.3) is 0 Å². The van der Waals surface area contributed by atoms with E-state index in [9.17, 15) is 9.59 Å². The van der Waals surface area contributed by atoms with Crippen molar-refractivity contribution < 1.29 is 9.59 Å². The lowest BCUT2D eigenvalue weighted by atomic mass is 9.92. The van der Waals surface area contributed by atoms with Crippen LogP contribution in [0.4, 0.5) is 11.4 Å².